The molecule has 0 saturated carbocycles. The molecule has 0 aromatic carbocycles. The highest BCUT2D eigenvalue weighted by Gasteiger charge is 2.30. The molecular formula is C13H20Cl2N4O4. The Morgan fingerprint density at radius 1 is 1.43 bits per heavy atom. The number of hydrogen-bond acceptors (Lipinski definition) is 6. The van der Waals surface area contributed by atoms with E-state index in [4.69, 9.17) is 20.9 Å². The average Bonchev–Trinajstić information content (AvgIpc) is 2.96. The number of hydrogen-bond donors (Lipinski definition) is 3. The molecule has 1 aliphatic heterocycles. The van der Waals surface area contributed by atoms with Gasteiger partial charge >= 0.3 is 0 Å². The van der Waals surface area contributed by atoms with Crippen LogP contribution in [-0.2, 0) is 9.53 Å². The normalized spacial score (nSPS) is 19.2. The van der Waals surface area contributed by atoms with Gasteiger partial charge < -0.3 is 26.3 Å². The Labute approximate surface area is 146 Å². The van der Waals surface area contributed by atoms with Gasteiger partial charge in [0.1, 0.15) is 11.7 Å². The summed E-state index contributed by atoms with van der Waals surface area (Å²) in [5.41, 5.74) is 11.2. The van der Waals surface area contributed by atoms with Crippen LogP contribution in [0.4, 0.5) is 5.69 Å². The molecule has 1 aromatic heterocycles. The topological polar surface area (TPSA) is 130 Å². The van der Waals surface area contributed by atoms with E-state index in [2.05, 4.69) is 10.3 Å². The van der Waals surface area contributed by atoms with Gasteiger partial charge in [0.05, 0.1) is 25.1 Å². The van der Waals surface area contributed by atoms with Crippen molar-refractivity contribution in [3.05, 3.63) is 17.8 Å². The number of carbonyl (C=O) groups is 2. The molecule has 0 radical (unpaired) electrons. The maximum atomic E-state index is 12.1. The lowest BCUT2D eigenvalue weighted by molar-refractivity contribution is -0.126. The van der Waals surface area contributed by atoms with Crippen molar-refractivity contribution in [2.24, 2.45) is 11.5 Å². The Bertz CT molecular complexity index is 559. The van der Waals surface area contributed by atoms with Gasteiger partial charge in [-0.05, 0) is 18.9 Å². The quantitative estimate of drug-likeness (QED) is 0.694. The van der Waals surface area contributed by atoms with Crippen LogP contribution in [0.15, 0.2) is 12.3 Å². The summed E-state index contributed by atoms with van der Waals surface area (Å²) in [6.07, 6.45) is 2.12. The zero-order valence-electron chi connectivity index (χ0n) is 12.5. The Balaban J connectivity index is 0.00000242. The van der Waals surface area contributed by atoms with Crippen molar-refractivity contribution in [3.8, 4) is 5.88 Å². The number of nitrogens with one attached hydrogen (secondary N) is 1. The Morgan fingerprint density at radius 3 is 2.65 bits per heavy atom. The highest BCUT2D eigenvalue weighted by molar-refractivity contribution is 5.98. The molecule has 130 valence electrons. The standard InChI is InChI=1S/C13H18N4O4.2ClH/c1-20-13-9(11(15)18)4-7(6-16-13)17-12(19)10-3-2-8(5-14)21-10;;/h4,6,8,10H,2-3,5,14H2,1H3,(H2,15,18)(H,17,19);2*1H/t8-,10+;;/m1../s1. The number of anilines is 1. The molecule has 8 nitrogen and oxygen atoms in total. The minimum atomic E-state index is -0.684. The molecule has 1 aromatic rings. The molecule has 1 fully saturated rings. The van der Waals surface area contributed by atoms with E-state index >= 15 is 0 Å². The number of aromatic nitrogens is 1. The van der Waals surface area contributed by atoms with Gasteiger partial charge in [-0.15, -0.1) is 24.8 Å². The van der Waals surface area contributed by atoms with Crippen molar-refractivity contribution in [3.63, 3.8) is 0 Å². The van der Waals surface area contributed by atoms with Crippen LogP contribution in [-0.4, -0.2) is 42.7 Å². The fourth-order valence-electron chi connectivity index (χ4n) is 2.15. The molecule has 23 heavy (non-hydrogen) atoms. The van der Waals surface area contributed by atoms with Crippen molar-refractivity contribution >= 4 is 42.3 Å². The van der Waals surface area contributed by atoms with E-state index in [1.54, 1.807) is 0 Å². The van der Waals surface area contributed by atoms with E-state index in [0.717, 1.165) is 6.42 Å². The summed E-state index contributed by atoms with van der Waals surface area (Å²) in [5, 5.41) is 2.64. The summed E-state index contributed by atoms with van der Waals surface area (Å²) >= 11 is 0. The lowest BCUT2D eigenvalue weighted by atomic mass is 10.2. The summed E-state index contributed by atoms with van der Waals surface area (Å²) < 4.78 is 10.4. The van der Waals surface area contributed by atoms with Crippen molar-refractivity contribution in [2.75, 3.05) is 19.0 Å². The fraction of sp³-hybridized carbons (Fsp3) is 0.462. The molecule has 2 heterocycles. The number of nitrogens with zero attached hydrogens (tertiary/aromatic N) is 1. The third-order valence-electron chi connectivity index (χ3n) is 3.24. The fourth-order valence-corrected chi connectivity index (χ4v) is 2.15. The lowest BCUT2D eigenvalue weighted by Gasteiger charge is -2.13. The zero-order chi connectivity index (χ0) is 15.4. The summed E-state index contributed by atoms with van der Waals surface area (Å²) in [6.45, 7) is 0.389. The minimum absolute atomic E-state index is 0. The van der Waals surface area contributed by atoms with Crippen LogP contribution in [0.25, 0.3) is 0 Å². The first-order valence-corrected chi connectivity index (χ1v) is 6.55. The van der Waals surface area contributed by atoms with E-state index in [-0.39, 0.29) is 48.3 Å². The number of rotatable bonds is 5. The number of amides is 2. The molecule has 0 bridgehead atoms. The first-order valence-electron chi connectivity index (χ1n) is 6.55. The van der Waals surface area contributed by atoms with Crippen LogP contribution in [0.1, 0.15) is 23.2 Å². The molecule has 1 aliphatic rings. The summed E-state index contributed by atoms with van der Waals surface area (Å²) in [6, 6.07) is 1.42. The van der Waals surface area contributed by atoms with Crippen LogP contribution in [0, 0.1) is 0 Å². The first-order chi connectivity index (χ1) is 10.0. The predicted octanol–water partition coefficient (Wildman–Crippen LogP) is 0.477. The van der Waals surface area contributed by atoms with Crippen LogP contribution in [0.2, 0.25) is 0 Å². The van der Waals surface area contributed by atoms with Crippen molar-refractivity contribution in [1.82, 2.24) is 4.98 Å². The van der Waals surface area contributed by atoms with Gasteiger partial charge in [-0.3, -0.25) is 9.59 Å². The molecule has 10 heteroatoms. The molecule has 0 unspecified atom stereocenters. The van der Waals surface area contributed by atoms with Crippen LogP contribution in [0.3, 0.4) is 0 Å². The predicted molar refractivity (Wildman–Crippen MR) is 89.4 cm³/mol. The third kappa shape index (κ3) is 5.21. The maximum Gasteiger partial charge on any atom is 0.254 e. The van der Waals surface area contributed by atoms with E-state index in [1.807, 2.05) is 0 Å². The van der Waals surface area contributed by atoms with Crippen LogP contribution < -0.4 is 21.5 Å². The van der Waals surface area contributed by atoms with E-state index < -0.39 is 12.0 Å². The summed E-state index contributed by atoms with van der Waals surface area (Å²) in [4.78, 5) is 27.3. The second-order valence-electron chi connectivity index (χ2n) is 4.69. The van der Waals surface area contributed by atoms with Crippen molar-refractivity contribution in [2.45, 2.75) is 25.0 Å². The van der Waals surface area contributed by atoms with E-state index in [0.29, 0.717) is 18.7 Å². The number of ether oxygens (including phenoxy) is 2. The van der Waals surface area contributed by atoms with Crippen LogP contribution in [0.5, 0.6) is 5.88 Å². The summed E-state index contributed by atoms with van der Waals surface area (Å²) in [7, 11) is 1.38. The molecule has 1 saturated heterocycles. The molecule has 2 rings (SSSR count). The molecule has 0 aliphatic carbocycles. The number of pyridine rings is 1. The van der Waals surface area contributed by atoms with Crippen molar-refractivity contribution in [1.29, 1.82) is 0 Å². The Morgan fingerprint density at radius 2 is 2.13 bits per heavy atom. The highest BCUT2D eigenvalue weighted by atomic mass is 35.5. The number of halogens is 2. The largest absolute Gasteiger partial charge is 0.480 e. The molecule has 5 N–H and O–H groups in total. The zero-order valence-corrected chi connectivity index (χ0v) is 14.1. The average molecular weight is 367 g/mol. The summed E-state index contributed by atoms with van der Waals surface area (Å²) in [5.74, 6) is -0.870. The molecule has 0 spiro atoms. The van der Waals surface area contributed by atoms with E-state index in [1.165, 1.54) is 19.4 Å². The molecular weight excluding hydrogens is 347 g/mol. The second-order valence-corrected chi connectivity index (χ2v) is 4.69. The van der Waals surface area contributed by atoms with Gasteiger partial charge in [0.2, 0.25) is 5.88 Å². The molecule has 2 amide bonds. The van der Waals surface area contributed by atoms with Gasteiger partial charge in [-0.2, -0.15) is 0 Å². The monoisotopic (exact) mass is 366 g/mol. The third-order valence-corrected chi connectivity index (χ3v) is 3.24. The van der Waals surface area contributed by atoms with Gasteiger partial charge in [-0.25, -0.2) is 4.98 Å². The smallest absolute Gasteiger partial charge is 0.254 e. The highest BCUT2D eigenvalue weighted by Crippen LogP contribution is 2.22. The van der Waals surface area contributed by atoms with Gasteiger partial charge in [0.25, 0.3) is 11.8 Å². The number of carbonyl (C=O) groups excluding carboxylic acids is 2. The second kappa shape index (κ2) is 9.51. The lowest BCUT2D eigenvalue weighted by Crippen LogP contribution is -2.30. The van der Waals surface area contributed by atoms with Crippen LogP contribution >= 0.6 is 24.8 Å². The first kappa shape index (κ1) is 21.4. The van der Waals surface area contributed by atoms with Gasteiger partial charge in [-0.1, -0.05) is 0 Å². The Hall–Kier alpha value is -1.61. The van der Waals surface area contributed by atoms with E-state index in [9.17, 15) is 9.59 Å². The SMILES string of the molecule is COc1ncc(NC(=O)[C@@H]2CC[C@H](CN)O2)cc1C(N)=O.Cl.Cl. The number of nitrogens with two attached hydrogens (primary N) is 2. The van der Waals surface area contributed by atoms with Gasteiger partial charge in [0.15, 0.2) is 0 Å². The minimum Gasteiger partial charge on any atom is -0.480 e. The van der Waals surface area contributed by atoms with Gasteiger partial charge in [0, 0.05) is 6.54 Å². The number of methoxy groups -OCH3 is 1. The number of primary amides is 1. The maximum absolute atomic E-state index is 12.1. The Kier molecular flexibility index (Phi) is 8.85. The van der Waals surface area contributed by atoms with Crippen molar-refractivity contribution < 1.29 is 19.1 Å². The molecule has 2 atom stereocenters.